The summed E-state index contributed by atoms with van der Waals surface area (Å²) in [5.74, 6) is 0. The van der Waals surface area contributed by atoms with E-state index in [-0.39, 0.29) is 4.90 Å². The lowest BCUT2D eigenvalue weighted by molar-refractivity contribution is 0.151. The Morgan fingerprint density at radius 2 is 1.71 bits per heavy atom. The van der Waals surface area contributed by atoms with Crippen LogP contribution in [0, 0.1) is 16.2 Å². The van der Waals surface area contributed by atoms with Gasteiger partial charge in [0.15, 0.2) is 5.58 Å². The highest BCUT2D eigenvalue weighted by atomic mass is 32.2. The van der Waals surface area contributed by atoms with Crippen molar-refractivity contribution < 1.29 is 12.8 Å². The average molecular weight is 415 g/mol. The Labute approximate surface area is 168 Å². The molecule has 9 heteroatoms. The minimum atomic E-state index is -3.56. The van der Waals surface area contributed by atoms with Crippen LogP contribution in [0.4, 0.5) is 0 Å². The Hall–Kier alpha value is -2.51. The van der Waals surface area contributed by atoms with E-state index in [4.69, 9.17) is 21.9 Å². The first kappa shape index (κ1) is 18.8. The molecule has 28 heavy (non-hydrogen) atoms. The number of rotatable bonds is 4. The van der Waals surface area contributed by atoms with Gasteiger partial charge < -0.3 is 4.42 Å². The average Bonchev–Trinajstić information content (AvgIpc) is 3.04. The topological polar surface area (TPSA) is 82.5 Å². The predicted octanol–water partition coefficient (Wildman–Crippen LogP) is 2.80. The molecular weight excluding hydrogens is 396 g/mol. The van der Waals surface area contributed by atoms with Crippen LogP contribution in [-0.4, -0.2) is 48.4 Å². The van der Waals surface area contributed by atoms with Crippen molar-refractivity contribution in [3.8, 4) is 6.07 Å². The van der Waals surface area contributed by atoms with Crippen molar-refractivity contribution in [1.29, 1.82) is 5.26 Å². The van der Waals surface area contributed by atoms with Gasteiger partial charge in [-0.1, -0.05) is 12.1 Å². The highest BCUT2D eigenvalue weighted by molar-refractivity contribution is 7.89. The number of nitriles is 1. The molecule has 0 atom stereocenters. The maximum Gasteiger partial charge on any atom is 0.270 e. The Morgan fingerprint density at radius 1 is 1.04 bits per heavy atom. The molecule has 2 aromatic carbocycles. The van der Waals surface area contributed by atoms with E-state index in [9.17, 15) is 8.42 Å². The molecule has 1 fully saturated rings. The van der Waals surface area contributed by atoms with Gasteiger partial charge in [0, 0.05) is 26.2 Å². The van der Waals surface area contributed by atoms with Gasteiger partial charge in [0.05, 0.1) is 28.7 Å². The van der Waals surface area contributed by atoms with Gasteiger partial charge in [-0.05, 0) is 48.6 Å². The minimum Gasteiger partial charge on any atom is -0.429 e. The first-order chi connectivity index (χ1) is 13.5. The molecule has 0 radical (unpaired) electrons. The Kier molecular flexibility index (Phi) is 5.03. The number of benzene rings is 2. The van der Waals surface area contributed by atoms with Crippen molar-refractivity contribution >= 4 is 33.3 Å². The fourth-order valence-corrected chi connectivity index (χ4v) is 4.98. The van der Waals surface area contributed by atoms with Crippen molar-refractivity contribution in [3.05, 3.63) is 58.9 Å². The summed E-state index contributed by atoms with van der Waals surface area (Å²) < 4.78 is 34.7. The maximum atomic E-state index is 12.8. The first-order valence-corrected chi connectivity index (χ1v) is 10.6. The monoisotopic (exact) mass is 414 g/mol. The third-order valence-electron chi connectivity index (χ3n) is 4.87. The van der Waals surface area contributed by atoms with E-state index in [1.54, 1.807) is 0 Å². The predicted molar refractivity (Wildman–Crippen MR) is 107 cm³/mol. The molecule has 0 aliphatic carbocycles. The lowest BCUT2D eigenvalue weighted by atomic mass is 10.2. The minimum absolute atomic E-state index is 0.211. The summed E-state index contributed by atoms with van der Waals surface area (Å²) in [6.07, 6.45) is 0. The van der Waals surface area contributed by atoms with Crippen LogP contribution < -0.4 is 0 Å². The quantitative estimate of drug-likeness (QED) is 0.611. The number of fused-ring (bicyclic) bond motifs is 1. The summed E-state index contributed by atoms with van der Waals surface area (Å²) in [4.78, 5) is 2.78. The molecule has 2 heterocycles. The zero-order chi connectivity index (χ0) is 19.7. The molecule has 1 aliphatic rings. The Balaban J connectivity index is 1.46. The fraction of sp³-hybridized carbons (Fsp3) is 0.263. The number of piperazine rings is 1. The van der Waals surface area contributed by atoms with E-state index >= 15 is 0 Å². The zero-order valence-corrected chi connectivity index (χ0v) is 16.6. The zero-order valence-electron chi connectivity index (χ0n) is 15.0. The van der Waals surface area contributed by atoms with Gasteiger partial charge in [-0.25, -0.2) is 8.42 Å². The van der Waals surface area contributed by atoms with Crippen LogP contribution >= 0.6 is 12.2 Å². The molecule has 0 amide bonds. The van der Waals surface area contributed by atoms with E-state index in [1.165, 1.54) is 28.6 Å². The molecule has 0 saturated carbocycles. The van der Waals surface area contributed by atoms with Gasteiger partial charge in [-0.15, -0.1) is 0 Å². The maximum absolute atomic E-state index is 12.8. The van der Waals surface area contributed by atoms with E-state index < -0.39 is 10.0 Å². The third-order valence-corrected chi connectivity index (χ3v) is 7.08. The second kappa shape index (κ2) is 7.48. The molecule has 0 N–H and O–H groups in total. The van der Waals surface area contributed by atoms with E-state index in [0.29, 0.717) is 43.2 Å². The largest absolute Gasteiger partial charge is 0.429 e. The van der Waals surface area contributed by atoms with Crippen molar-refractivity contribution in [2.24, 2.45) is 0 Å². The molecule has 1 aliphatic heterocycles. The van der Waals surface area contributed by atoms with Crippen LogP contribution in [0.25, 0.3) is 11.1 Å². The lowest BCUT2D eigenvalue weighted by Crippen LogP contribution is -2.48. The molecule has 0 bridgehead atoms. The van der Waals surface area contributed by atoms with Crippen molar-refractivity contribution in [1.82, 2.24) is 13.8 Å². The highest BCUT2D eigenvalue weighted by Crippen LogP contribution is 2.21. The normalized spacial score (nSPS) is 16.2. The Morgan fingerprint density at radius 3 is 2.39 bits per heavy atom. The van der Waals surface area contributed by atoms with Gasteiger partial charge in [-0.2, -0.15) is 9.57 Å². The van der Waals surface area contributed by atoms with E-state index in [1.807, 2.05) is 34.9 Å². The van der Waals surface area contributed by atoms with Crippen molar-refractivity contribution in [2.45, 2.75) is 11.6 Å². The summed E-state index contributed by atoms with van der Waals surface area (Å²) in [6, 6.07) is 15.7. The molecule has 7 nitrogen and oxygen atoms in total. The number of oxazole rings is 1. The smallest absolute Gasteiger partial charge is 0.270 e. The molecule has 1 saturated heterocycles. The van der Waals surface area contributed by atoms with E-state index in [2.05, 4.69) is 4.90 Å². The molecular formula is C19H18N4O3S2. The second-order valence-electron chi connectivity index (χ2n) is 6.56. The summed E-state index contributed by atoms with van der Waals surface area (Å²) in [5, 5.41) is 8.87. The van der Waals surface area contributed by atoms with Crippen molar-refractivity contribution in [2.75, 3.05) is 26.2 Å². The summed E-state index contributed by atoms with van der Waals surface area (Å²) in [7, 11) is -3.56. The van der Waals surface area contributed by atoms with Crippen LogP contribution in [0.5, 0.6) is 0 Å². The van der Waals surface area contributed by atoms with E-state index in [0.717, 1.165) is 11.1 Å². The number of nitrogens with zero attached hydrogens (tertiary/aromatic N) is 4. The number of sulfonamides is 1. The third kappa shape index (κ3) is 3.47. The first-order valence-electron chi connectivity index (χ1n) is 8.80. The highest BCUT2D eigenvalue weighted by Gasteiger charge is 2.28. The molecule has 4 rings (SSSR count). The lowest BCUT2D eigenvalue weighted by Gasteiger charge is -2.34. The van der Waals surface area contributed by atoms with Gasteiger partial charge >= 0.3 is 0 Å². The molecule has 0 spiro atoms. The molecule has 1 aromatic heterocycles. The van der Waals surface area contributed by atoms with Crippen LogP contribution in [-0.2, 0) is 16.7 Å². The standard InChI is InChI=1S/C19H18N4O3S2/c20-13-15-5-7-16(8-6-15)28(24,25)22-11-9-21(10-12-22)14-23-17-3-1-2-4-18(17)26-19(23)27/h1-8H,9-12,14H2. The van der Waals surface area contributed by atoms with Crippen LogP contribution in [0.2, 0.25) is 0 Å². The van der Waals surface area contributed by atoms with Gasteiger partial charge in [0.25, 0.3) is 4.84 Å². The number of para-hydroxylation sites is 2. The van der Waals surface area contributed by atoms with Gasteiger partial charge in [-0.3, -0.25) is 9.47 Å². The Bertz CT molecular complexity index is 1200. The second-order valence-corrected chi connectivity index (χ2v) is 8.85. The fourth-order valence-electron chi connectivity index (χ4n) is 3.31. The number of hydrogen-bond donors (Lipinski definition) is 0. The van der Waals surface area contributed by atoms with Gasteiger partial charge in [0.1, 0.15) is 0 Å². The van der Waals surface area contributed by atoms with Crippen molar-refractivity contribution in [3.63, 3.8) is 0 Å². The SMILES string of the molecule is N#Cc1ccc(S(=O)(=O)N2CCN(Cn3c(=S)oc4ccccc43)CC2)cc1. The molecule has 3 aromatic rings. The van der Waals surface area contributed by atoms with Gasteiger partial charge in [0.2, 0.25) is 10.0 Å². The van der Waals surface area contributed by atoms with Crippen LogP contribution in [0.3, 0.4) is 0 Å². The number of aromatic nitrogens is 1. The summed E-state index contributed by atoms with van der Waals surface area (Å²) >= 11 is 5.33. The molecule has 144 valence electrons. The summed E-state index contributed by atoms with van der Waals surface area (Å²) in [5.41, 5.74) is 2.11. The van der Waals surface area contributed by atoms with Crippen LogP contribution in [0.15, 0.2) is 57.8 Å². The molecule has 0 unspecified atom stereocenters. The number of hydrogen-bond acceptors (Lipinski definition) is 6. The summed E-state index contributed by atoms with van der Waals surface area (Å²) in [6.45, 7) is 2.53. The van der Waals surface area contributed by atoms with Crippen LogP contribution in [0.1, 0.15) is 5.56 Å².